The van der Waals surface area contributed by atoms with E-state index in [1.807, 2.05) is 32.0 Å². The van der Waals surface area contributed by atoms with Gasteiger partial charge in [-0.2, -0.15) is 0 Å². The standard InChI is InChI=1S/C26H34N2O5S/c1-5-12-27(18-15-16(3)8-9-17(18)4)24(31)22-26-11-10-19(34-26)20(25(32)33-6-2)21(26)23(30)28(22)13-7-14-29/h5,8-9,15,19-22,29H,1,6-7,10-14H2,2-4H3/t19-,20+,21-,22?,26?/m0/s1. The predicted octanol–water partition coefficient (Wildman–Crippen LogP) is 2.86. The quantitative estimate of drug-likeness (QED) is 0.427. The van der Waals surface area contributed by atoms with Crippen LogP contribution in [0.4, 0.5) is 5.69 Å². The van der Waals surface area contributed by atoms with Crippen LogP contribution in [-0.4, -0.2) is 70.1 Å². The minimum atomic E-state index is -0.703. The number of carbonyl (C=O) groups excluding carboxylic acids is 3. The van der Waals surface area contributed by atoms with Gasteiger partial charge in [0.05, 0.1) is 23.2 Å². The van der Waals surface area contributed by atoms with Gasteiger partial charge in [-0.05, 0) is 57.2 Å². The molecule has 1 aromatic carbocycles. The summed E-state index contributed by atoms with van der Waals surface area (Å²) < 4.78 is 4.69. The van der Waals surface area contributed by atoms with E-state index in [-0.39, 0.29) is 42.8 Å². The third-order valence-electron chi connectivity index (χ3n) is 7.38. The van der Waals surface area contributed by atoms with Gasteiger partial charge in [0.25, 0.3) is 5.91 Å². The lowest BCUT2D eigenvalue weighted by molar-refractivity contribution is -0.153. The number of thioether (sulfide) groups is 1. The Morgan fingerprint density at radius 1 is 1.38 bits per heavy atom. The number of nitrogens with zero attached hydrogens (tertiary/aromatic N) is 2. The Balaban J connectivity index is 1.78. The van der Waals surface area contributed by atoms with Crippen molar-refractivity contribution in [3.63, 3.8) is 0 Å². The summed E-state index contributed by atoms with van der Waals surface area (Å²) in [6.45, 7) is 10.4. The molecule has 2 bridgehead atoms. The van der Waals surface area contributed by atoms with Crippen LogP contribution in [0.1, 0.15) is 37.3 Å². The molecule has 1 aromatic rings. The first-order valence-electron chi connectivity index (χ1n) is 12.1. The van der Waals surface area contributed by atoms with E-state index in [4.69, 9.17) is 4.74 Å². The number of fused-ring (bicyclic) bond motifs is 1. The summed E-state index contributed by atoms with van der Waals surface area (Å²) in [5, 5.41) is 9.48. The second kappa shape index (κ2) is 9.74. The number of benzene rings is 1. The van der Waals surface area contributed by atoms with Crippen LogP contribution in [0.15, 0.2) is 30.9 Å². The highest BCUT2D eigenvalue weighted by atomic mass is 32.2. The van der Waals surface area contributed by atoms with Gasteiger partial charge < -0.3 is 19.6 Å². The molecule has 3 fully saturated rings. The van der Waals surface area contributed by atoms with Crippen LogP contribution in [0, 0.1) is 25.7 Å². The monoisotopic (exact) mass is 486 g/mol. The van der Waals surface area contributed by atoms with Crippen LogP contribution in [0.2, 0.25) is 0 Å². The molecule has 8 heteroatoms. The number of likely N-dealkylation sites (tertiary alicyclic amines) is 1. The summed E-state index contributed by atoms with van der Waals surface area (Å²) in [5.41, 5.74) is 2.81. The summed E-state index contributed by atoms with van der Waals surface area (Å²) in [5.74, 6) is -1.77. The first kappa shape index (κ1) is 24.8. The average Bonchev–Trinajstić information content (AvgIpc) is 3.45. The van der Waals surface area contributed by atoms with E-state index in [0.29, 0.717) is 19.4 Å². The van der Waals surface area contributed by atoms with E-state index >= 15 is 0 Å². The molecule has 0 aliphatic carbocycles. The first-order chi connectivity index (χ1) is 16.3. The minimum Gasteiger partial charge on any atom is -0.466 e. The van der Waals surface area contributed by atoms with Gasteiger partial charge in [0.15, 0.2) is 0 Å². The van der Waals surface area contributed by atoms with Crippen molar-refractivity contribution in [3.05, 3.63) is 42.0 Å². The molecule has 0 aromatic heterocycles. The number of aliphatic hydroxyl groups is 1. The third-order valence-corrected chi connectivity index (χ3v) is 9.33. The lowest BCUT2D eigenvalue weighted by Gasteiger charge is -2.37. The molecule has 2 amide bonds. The van der Waals surface area contributed by atoms with Crippen molar-refractivity contribution in [1.82, 2.24) is 4.90 Å². The Bertz CT molecular complexity index is 997. The van der Waals surface area contributed by atoms with Gasteiger partial charge in [-0.15, -0.1) is 18.3 Å². The highest BCUT2D eigenvalue weighted by Gasteiger charge is 2.74. The van der Waals surface area contributed by atoms with E-state index in [1.165, 1.54) is 0 Å². The summed E-state index contributed by atoms with van der Waals surface area (Å²) in [6, 6.07) is 5.28. The highest BCUT2D eigenvalue weighted by Crippen LogP contribution is 2.66. The van der Waals surface area contributed by atoms with Gasteiger partial charge >= 0.3 is 5.97 Å². The SMILES string of the molecule is C=CCN(C(=O)C1N(CCCO)C(=O)[C@@H]2[C@H](C(=O)OCC)[C@@H]3CCC12S3)c1cc(C)ccc1C. The molecule has 3 aliphatic rings. The highest BCUT2D eigenvalue weighted by molar-refractivity contribution is 8.02. The molecule has 2 unspecified atom stereocenters. The Morgan fingerprint density at radius 2 is 2.15 bits per heavy atom. The van der Waals surface area contributed by atoms with Crippen LogP contribution in [0.5, 0.6) is 0 Å². The topological polar surface area (TPSA) is 87.2 Å². The molecule has 0 saturated carbocycles. The normalized spacial score (nSPS) is 29.3. The lowest BCUT2D eigenvalue weighted by atomic mass is 9.71. The third kappa shape index (κ3) is 3.85. The molecule has 3 heterocycles. The number of rotatable bonds is 9. The van der Waals surface area contributed by atoms with Gasteiger partial charge in [0, 0.05) is 30.6 Å². The van der Waals surface area contributed by atoms with Gasteiger partial charge in [-0.25, -0.2) is 0 Å². The van der Waals surface area contributed by atoms with Crippen LogP contribution < -0.4 is 4.90 Å². The maximum Gasteiger partial charge on any atom is 0.310 e. The molecule has 0 radical (unpaired) electrons. The average molecular weight is 487 g/mol. The van der Waals surface area contributed by atoms with Crippen LogP contribution in [0.3, 0.4) is 0 Å². The van der Waals surface area contributed by atoms with E-state index in [2.05, 4.69) is 6.58 Å². The number of anilines is 1. The van der Waals surface area contributed by atoms with Gasteiger partial charge in [-0.1, -0.05) is 18.2 Å². The van der Waals surface area contributed by atoms with Crippen molar-refractivity contribution in [2.45, 2.75) is 56.1 Å². The Kier molecular flexibility index (Phi) is 7.10. The number of amides is 2. The summed E-state index contributed by atoms with van der Waals surface area (Å²) in [6.07, 6.45) is 3.56. The number of esters is 1. The number of carbonyl (C=O) groups is 3. The Morgan fingerprint density at radius 3 is 2.82 bits per heavy atom. The largest absolute Gasteiger partial charge is 0.466 e. The summed E-state index contributed by atoms with van der Waals surface area (Å²) in [4.78, 5) is 44.4. The molecular formula is C26H34N2O5S. The molecule has 3 saturated heterocycles. The van der Waals surface area contributed by atoms with Crippen LogP contribution >= 0.6 is 11.8 Å². The van der Waals surface area contributed by atoms with Crippen molar-refractivity contribution in [1.29, 1.82) is 0 Å². The molecular weight excluding hydrogens is 452 g/mol. The van der Waals surface area contributed by atoms with Crippen LogP contribution in [0.25, 0.3) is 0 Å². The fraction of sp³-hybridized carbons (Fsp3) is 0.577. The van der Waals surface area contributed by atoms with Crippen LogP contribution in [-0.2, 0) is 19.1 Å². The van der Waals surface area contributed by atoms with Crippen molar-refractivity contribution < 1.29 is 24.2 Å². The predicted molar refractivity (Wildman–Crippen MR) is 133 cm³/mol. The first-order valence-corrected chi connectivity index (χ1v) is 12.9. The smallest absolute Gasteiger partial charge is 0.310 e. The van der Waals surface area contributed by atoms with E-state index in [0.717, 1.165) is 23.2 Å². The second-order valence-electron chi connectivity index (χ2n) is 9.44. The maximum absolute atomic E-state index is 14.3. The number of ether oxygens (including phenoxy) is 1. The molecule has 1 N–H and O–H groups in total. The van der Waals surface area contributed by atoms with Crippen molar-refractivity contribution in [2.24, 2.45) is 11.8 Å². The lowest BCUT2D eigenvalue weighted by Crippen LogP contribution is -2.55. The molecule has 7 nitrogen and oxygen atoms in total. The van der Waals surface area contributed by atoms with Crippen molar-refractivity contribution in [2.75, 3.05) is 31.2 Å². The second-order valence-corrected chi connectivity index (χ2v) is 11.0. The fourth-order valence-corrected chi connectivity index (χ4v) is 8.22. The summed E-state index contributed by atoms with van der Waals surface area (Å²) in [7, 11) is 0. The summed E-state index contributed by atoms with van der Waals surface area (Å²) >= 11 is 1.63. The zero-order valence-electron chi connectivity index (χ0n) is 20.2. The fourth-order valence-electron chi connectivity index (χ4n) is 6.01. The zero-order chi connectivity index (χ0) is 24.6. The molecule has 3 aliphatic heterocycles. The molecule has 4 rings (SSSR count). The van der Waals surface area contributed by atoms with E-state index < -0.39 is 22.6 Å². The Hall–Kier alpha value is -2.32. The molecule has 184 valence electrons. The number of aryl methyl sites for hydroxylation is 2. The minimum absolute atomic E-state index is 0.0168. The van der Waals surface area contributed by atoms with Crippen molar-refractivity contribution in [3.8, 4) is 0 Å². The van der Waals surface area contributed by atoms with Gasteiger partial charge in [-0.3, -0.25) is 14.4 Å². The number of hydrogen-bond donors (Lipinski definition) is 1. The Labute approximate surface area is 205 Å². The maximum atomic E-state index is 14.3. The molecule has 5 atom stereocenters. The zero-order valence-corrected chi connectivity index (χ0v) is 21.0. The van der Waals surface area contributed by atoms with Crippen molar-refractivity contribution >= 4 is 35.2 Å². The van der Waals surface area contributed by atoms with E-state index in [9.17, 15) is 19.5 Å². The van der Waals surface area contributed by atoms with E-state index in [1.54, 1.807) is 34.6 Å². The molecule has 34 heavy (non-hydrogen) atoms. The number of hydrogen-bond acceptors (Lipinski definition) is 6. The molecule has 1 spiro atoms. The number of aliphatic hydroxyl groups excluding tert-OH is 1. The van der Waals surface area contributed by atoms with Gasteiger partial charge in [0.1, 0.15) is 6.04 Å². The van der Waals surface area contributed by atoms with Gasteiger partial charge in [0.2, 0.25) is 5.91 Å².